The minimum absolute atomic E-state index is 0.372. The summed E-state index contributed by atoms with van der Waals surface area (Å²) in [4.78, 5) is 23.1. The first kappa shape index (κ1) is 17.1. The summed E-state index contributed by atoms with van der Waals surface area (Å²) in [5, 5.41) is 2.73. The summed E-state index contributed by atoms with van der Waals surface area (Å²) in [5.74, 6) is -0.385. The minimum atomic E-state index is -0.528. The van der Waals surface area contributed by atoms with Gasteiger partial charge in [-0.25, -0.2) is 9.59 Å². The molecule has 0 aliphatic heterocycles. The summed E-state index contributed by atoms with van der Waals surface area (Å²) in [5.41, 5.74) is -0.453. The van der Waals surface area contributed by atoms with Gasteiger partial charge >= 0.3 is 12.1 Å². The van der Waals surface area contributed by atoms with Crippen LogP contribution in [0.5, 0.6) is 0 Å². The molecule has 1 amide bonds. The minimum Gasteiger partial charge on any atom is -0.465 e. The van der Waals surface area contributed by atoms with Crippen molar-refractivity contribution in [3.8, 4) is 0 Å². The molecule has 118 valence electrons. The maximum absolute atomic E-state index is 11.7. The van der Waals surface area contributed by atoms with Gasteiger partial charge in [-0.05, 0) is 40.7 Å². The van der Waals surface area contributed by atoms with Crippen LogP contribution in [0.2, 0.25) is 0 Å². The van der Waals surface area contributed by atoms with Gasteiger partial charge in [0, 0.05) is 18.9 Å². The Kier molecular flexibility index (Phi) is 5.04. The number of esters is 1. The lowest BCUT2D eigenvalue weighted by atomic mass is 10.1. The van der Waals surface area contributed by atoms with Crippen LogP contribution < -0.4 is 5.32 Å². The average Bonchev–Trinajstić information content (AvgIpc) is 2.84. The Morgan fingerprint density at radius 3 is 2.38 bits per heavy atom. The van der Waals surface area contributed by atoms with Crippen LogP contribution in [0.1, 0.15) is 45.0 Å². The standard InChI is InChI=1S/C15H24N2O4/c1-14(2,3)21-13(19)16-10-15(4,5)17-8-7-11(9-17)12(18)20-6/h7-9H,10H2,1-6H3,(H,16,19). The molecular formula is C15H24N2O4. The zero-order valence-electron chi connectivity index (χ0n) is 13.5. The van der Waals surface area contributed by atoms with E-state index in [-0.39, 0.29) is 5.97 Å². The van der Waals surface area contributed by atoms with Gasteiger partial charge in [-0.3, -0.25) is 0 Å². The number of aromatic nitrogens is 1. The van der Waals surface area contributed by atoms with E-state index in [1.807, 2.05) is 39.2 Å². The molecule has 0 saturated heterocycles. The summed E-state index contributed by atoms with van der Waals surface area (Å²) in [6.45, 7) is 9.71. The first-order valence-corrected chi connectivity index (χ1v) is 6.79. The summed E-state index contributed by atoms with van der Waals surface area (Å²) in [6, 6.07) is 1.68. The molecule has 0 bridgehead atoms. The van der Waals surface area contributed by atoms with Crippen molar-refractivity contribution >= 4 is 12.1 Å². The molecule has 0 fully saturated rings. The van der Waals surface area contributed by atoms with E-state index in [0.29, 0.717) is 12.1 Å². The van der Waals surface area contributed by atoms with Crippen molar-refractivity contribution in [2.24, 2.45) is 0 Å². The number of carbonyl (C=O) groups is 2. The molecule has 21 heavy (non-hydrogen) atoms. The SMILES string of the molecule is COC(=O)c1ccn(C(C)(C)CNC(=O)OC(C)(C)C)c1. The number of nitrogens with zero attached hydrogens (tertiary/aromatic N) is 1. The van der Waals surface area contributed by atoms with Gasteiger partial charge in [0.25, 0.3) is 0 Å². The van der Waals surface area contributed by atoms with Crippen LogP contribution >= 0.6 is 0 Å². The highest BCUT2D eigenvalue weighted by Crippen LogP contribution is 2.17. The number of amides is 1. The topological polar surface area (TPSA) is 69.6 Å². The van der Waals surface area contributed by atoms with Gasteiger partial charge in [0.1, 0.15) is 5.60 Å². The van der Waals surface area contributed by atoms with Crippen molar-refractivity contribution < 1.29 is 19.1 Å². The Morgan fingerprint density at radius 2 is 1.86 bits per heavy atom. The zero-order valence-corrected chi connectivity index (χ0v) is 13.5. The molecule has 0 saturated carbocycles. The van der Waals surface area contributed by atoms with Crippen molar-refractivity contribution in [2.75, 3.05) is 13.7 Å². The molecule has 0 aliphatic carbocycles. The Hall–Kier alpha value is -1.98. The number of ether oxygens (including phenoxy) is 2. The van der Waals surface area contributed by atoms with Gasteiger partial charge in [0.15, 0.2) is 0 Å². The average molecular weight is 296 g/mol. The quantitative estimate of drug-likeness (QED) is 0.867. The van der Waals surface area contributed by atoms with Crippen molar-refractivity contribution in [1.29, 1.82) is 0 Å². The smallest absolute Gasteiger partial charge is 0.407 e. The van der Waals surface area contributed by atoms with Crippen molar-refractivity contribution in [2.45, 2.75) is 45.8 Å². The van der Waals surface area contributed by atoms with Gasteiger partial charge < -0.3 is 19.4 Å². The van der Waals surface area contributed by atoms with E-state index in [1.165, 1.54) is 7.11 Å². The highest BCUT2D eigenvalue weighted by Gasteiger charge is 2.24. The number of hydrogen-bond acceptors (Lipinski definition) is 4. The molecule has 1 heterocycles. The number of carbonyl (C=O) groups excluding carboxylic acids is 2. The van der Waals surface area contributed by atoms with Crippen LogP contribution in [0.15, 0.2) is 18.5 Å². The van der Waals surface area contributed by atoms with Gasteiger partial charge in [-0.2, -0.15) is 0 Å². The summed E-state index contributed by atoms with van der Waals surface area (Å²) >= 11 is 0. The van der Waals surface area contributed by atoms with E-state index in [0.717, 1.165) is 0 Å². The molecule has 0 aliphatic rings. The normalized spacial score (nSPS) is 11.9. The third-order valence-corrected chi connectivity index (χ3v) is 2.88. The van der Waals surface area contributed by atoms with E-state index in [1.54, 1.807) is 18.5 Å². The number of rotatable bonds is 4. The van der Waals surface area contributed by atoms with E-state index >= 15 is 0 Å². The summed E-state index contributed by atoms with van der Waals surface area (Å²) in [6.07, 6.45) is 3.02. The van der Waals surface area contributed by atoms with Gasteiger partial charge in [0.05, 0.1) is 18.2 Å². The molecule has 1 N–H and O–H groups in total. The summed E-state index contributed by atoms with van der Waals surface area (Å²) < 4.78 is 11.7. The Morgan fingerprint density at radius 1 is 1.24 bits per heavy atom. The fraction of sp³-hybridized carbons (Fsp3) is 0.600. The maximum atomic E-state index is 11.7. The Balaban J connectivity index is 2.67. The number of hydrogen-bond donors (Lipinski definition) is 1. The molecule has 6 heteroatoms. The van der Waals surface area contributed by atoms with Crippen molar-refractivity contribution in [1.82, 2.24) is 9.88 Å². The molecule has 0 unspecified atom stereocenters. The zero-order chi connectivity index (χ0) is 16.3. The van der Waals surface area contributed by atoms with E-state index in [2.05, 4.69) is 10.1 Å². The molecule has 1 aromatic rings. The highest BCUT2D eigenvalue weighted by atomic mass is 16.6. The molecule has 6 nitrogen and oxygen atoms in total. The first-order chi connectivity index (χ1) is 9.55. The van der Waals surface area contributed by atoms with Crippen molar-refractivity contribution in [3.05, 3.63) is 24.0 Å². The predicted molar refractivity (Wildman–Crippen MR) is 79.3 cm³/mol. The van der Waals surface area contributed by atoms with Crippen molar-refractivity contribution in [3.63, 3.8) is 0 Å². The van der Waals surface area contributed by atoms with Crippen LogP contribution in [-0.4, -0.2) is 35.9 Å². The van der Waals surface area contributed by atoms with Gasteiger partial charge in [0.2, 0.25) is 0 Å². The lowest BCUT2D eigenvalue weighted by molar-refractivity contribution is 0.0506. The van der Waals surface area contributed by atoms with E-state index in [9.17, 15) is 9.59 Å². The number of methoxy groups -OCH3 is 1. The molecule has 0 atom stereocenters. The Bertz CT molecular complexity index is 512. The largest absolute Gasteiger partial charge is 0.465 e. The fourth-order valence-electron chi connectivity index (χ4n) is 1.71. The third-order valence-electron chi connectivity index (χ3n) is 2.88. The molecule has 1 aromatic heterocycles. The van der Waals surface area contributed by atoms with Gasteiger partial charge in [-0.1, -0.05) is 0 Å². The lowest BCUT2D eigenvalue weighted by Gasteiger charge is -2.28. The molecule has 1 rings (SSSR count). The van der Waals surface area contributed by atoms with Crippen LogP contribution in [0.25, 0.3) is 0 Å². The molecule has 0 aromatic carbocycles. The van der Waals surface area contributed by atoms with Crippen LogP contribution in [0, 0.1) is 0 Å². The second-order valence-electron chi connectivity index (χ2n) is 6.47. The highest BCUT2D eigenvalue weighted by molar-refractivity contribution is 5.89. The molecular weight excluding hydrogens is 272 g/mol. The maximum Gasteiger partial charge on any atom is 0.407 e. The van der Waals surface area contributed by atoms with E-state index in [4.69, 9.17) is 4.74 Å². The van der Waals surface area contributed by atoms with Crippen LogP contribution in [0.3, 0.4) is 0 Å². The number of alkyl carbamates (subject to hydrolysis) is 1. The monoisotopic (exact) mass is 296 g/mol. The summed E-state index contributed by atoms with van der Waals surface area (Å²) in [7, 11) is 1.34. The predicted octanol–water partition coefficient (Wildman–Crippen LogP) is 2.53. The van der Waals surface area contributed by atoms with Crippen LogP contribution in [-0.2, 0) is 15.0 Å². The lowest BCUT2D eigenvalue weighted by Crippen LogP contribution is -2.42. The molecule has 0 radical (unpaired) electrons. The first-order valence-electron chi connectivity index (χ1n) is 6.79. The Labute approximate surface area is 125 Å². The van der Waals surface area contributed by atoms with Crippen LogP contribution in [0.4, 0.5) is 4.79 Å². The second kappa shape index (κ2) is 6.20. The van der Waals surface area contributed by atoms with Gasteiger partial charge in [-0.15, -0.1) is 0 Å². The fourth-order valence-corrected chi connectivity index (χ4v) is 1.71. The van der Waals surface area contributed by atoms with E-state index < -0.39 is 17.2 Å². The third kappa shape index (κ3) is 5.13. The second-order valence-corrected chi connectivity index (χ2v) is 6.47. The number of nitrogens with one attached hydrogen (secondary N) is 1. The molecule has 0 spiro atoms.